The minimum absolute atomic E-state index is 0.0693. The molecule has 0 bridgehead atoms. The van der Waals surface area contributed by atoms with Crippen molar-refractivity contribution in [2.24, 2.45) is 5.73 Å². The van der Waals surface area contributed by atoms with Gasteiger partial charge in [0.25, 0.3) is 0 Å². The molecule has 6 heteroatoms. The van der Waals surface area contributed by atoms with E-state index < -0.39 is 11.9 Å². The maximum Gasteiger partial charge on any atom is 0.145 e. The molecule has 19 heavy (non-hydrogen) atoms. The first-order valence-electron chi connectivity index (χ1n) is 5.48. The summed E-state index contributed by atoms with van der Waals surface area (Å²) >= 11 is 17.5. The fourth-order valence-electron chi connectivity index (χ4n) is 1.74. The van der Waals surface area contributed by atoms with Crippen molar-refractivity contribution in [2.75, 3.05) is 0 Å². The molecule has 1 unspecified atom stereocenters. The largest absolute Gasteiger partial charge is 0.322 e. The van der Waals surface area contributed by atoms with Crippen molar-refractivity contribution in [1.82, 2.24) is 4.98 Å². The monoisotopic (exact) mass is 318 g/mol. The summed E-state index contributed by atoms with van der Waals surface area (Å²) in [6.45, 7) is 0. The van der Waals surface area contributed by atoms with Gasteiger partial charge in [-0.3, -0.25) is 4.98 Å². The Kier molecular flexibility index (Phi) is 4.63. The molecule has 0 aliphatic rings. The molecule has 0 saturated carbocycles. The lowest BCUT2D eigenvalue weighted by Crippen LogP contribution is -2.16. The Bertz CT molecular complexity index is 604. The van der Waals surface area contributed by atoms with Crippen LogP contribution in [0.1, 0.15) is 17.3 Å². The smallest absolute Gasteiger partial charge is 0.145 e. The van der Waals surface area contributed by atoms with Crippen LogP contribution >= 0.6 is 34.8 Å². The van der Waals surface area contributed by atoms with Crippen LogP contribution < -0.4 is 5.73 Å². The molecule has 0 amide bonds. The lowest BCUT2D eigenvalue weighted by Gasteiger charge is -2.13. The molecule has 0 spiro atoms. The van der Waals surface area contributed by atoms with Gasteiger partial charge in [0, 0.05) is 6.20 Å². The van der Waals surface area contributed by atoms with E-state index in [4.69, 9.17) is 40.5 Å². The number of nitrogens with two attached hydrogens (primary N) is 1. The van der Waals surface area contributed by atoms with E-state index in [2.05, 4.69) is 4.98 Å². The van der Waals surface area contributed by atoms with Gasteiger partial charge in [0.15, 0.2) is 0 Å². The molecule has 2 nitrogen and oxygen atoms in total. The molecule has 1 heterocycles. The van der Waals surface area contributed by atoms with Crippen LogP contribution in [0, 0.1) is 5.82 Å². The van der Waals surface area contributed by atoms with E-state index in [9.17, 15) is 4.39 Å². The van der Waals surface area contributed by atoms with Crippen LogP contribution in [-0.2, 0) is 6.42 Å². The fourth-order valence-corrected chi connectivity index (χ4v) is 2.45. The van der Waals surface area contributed by atoms with Crippen LogP contribution in [0.2, 0.25) is 15.1 Å². The van der Waals surface area contributed by atoms with Crippen molar-refractivity contribution in [3.63, 3.8) is 0 Å². The number of pyridine rings is 1. The quantitative estimate of drug-likeness (QED) is 0.909. The summed E-state index contributed by atoms with van der Waals surface area (Å²) in [6.07, 6.45) is 1.71. The van der Waals surface area contributed by atoms with Crippen molar-refractivity contribution >= 4 is 34.8 Å². The molecule has 1 atom stereocenters. The molecule has 0 saturated heterocycles. The Labute approximate surface area is 125 Å². The average Bonchev–Trinajstić information content (AvgIpc) is 2.34. The first kappa shape index (κ1) is 14.5. The SMILES string of the molecule is NC(Cc1cccc(Cl)c1F)c1ncc(Cl)cc1Cl. The number of rotatable bonds is 3. The zero-order valence-electron chi connectivity index (χ0n) is 9.71. The summed E-state index contributed by atoms with van der Waals surface area (Å²) in [6, 6.07) is 5.81. The van der Waals surface area contributed by atoms with Crippen LogP contribution in [0.15, 0.2) is 30.5 Å². The number of halogens is 4. The van der Waals surface area contributed by atoms with Crippen LogP contribution in [0.4, 0.5) is 4.39 Å². The Morgan fingerprint density at radius 3 is 2.63 bits per heavy atom. The molecule has 2 N–H and O–H groups in total. The second-order valence-corrected chi connectivity index (χ2v) is 5.29. The molecule has 0 radical (unpaired) electrons. The zero-order valence-corrected chi connectivity index (χ0v) is 12.0. The lowest BCUT2D eigenvalue weighted by atomic mass is 10.0. The van der Waals surface area contributed by atoms with E-state index in [1.807, 2.05) is 0 Å². The highest BCUT2D eigenvalue weighted by Gasteiger charge is 2.16. The van der Waals surface area contributed by atoms with Gasteiger partial charge in [0.1, 0.15) is 5.82 Å². The van der Waals surface area contributed by atoms with Gasteiger partial charge in [-0.05, 0) is 24.1 Å². The number of nitrogens with zero attached hydrogens (tertiary/aromatic N) is 1. The van der Waals surface area contributed by atoms with Gasteiger partial charge in [-0.15, -0.1) is 0 Å². The Hall–Kier alpha value is -0.870. The first-order chi connectivity index (χ1) is 8.99. The Balaban J connectivity index is 2.25. The summed E-state index contributed by atoms with van der Waals surface area (Å²) in [7, 11) is 0. The third kappa shape index (κ3) is 3.37. The average molecular weight is 320 g/mol. The number of benzene rings is 1. The third-order valence-electron chi connectivity index (χ3n) is 2.66. The van der Waals surface area contributed by atoms with Gasteiger partial charge in [0.05, 0.1) is 26.8 Å². The highest BCUT2D eigenvalue weighted by Crippen LogP contribution is 2.26. The molecular weight excluding hydrogens is 310 g/mol. The molecule has 0 fully saturated rings. The van der Waals surface area contributed by atoms with E-state index in [1.165, 1.54) is 12.3 Å². The zero-order chi connectivity index (χ0) is 14.0. The van der Waals surface area contributed by atoms with Gasteiger partial charge in [-0.25, -0.2) is 4.39 Å². The van der Waals surface area contributed by atoms with Crippen molar-refractivity contribution in [3.05, 3.63) is 62.6 Å². The van der Waals surface area contributed by atoms with E-state index in [1.54, 1.807) is 18.2 Å². The predicted molar refractivity (Wildman–Crippen MR) is 76.3 cm³/mol. The first-order valence-corrected chi connectivity index (χ1v) is 6.62. The Morgan fingerprint density at radius 2 is 1.95 bits per heavy atom. The van der Waals surface area contributed by atoms with Crippen LogP contribution in [0.25, 0.3) is 0 Å². The summed E-state index contributed by atoms with van der Waals surface area (Å²) in [5.41, 5.74) is 6.90. The standard InChI is InChI=1S/C13H10Cl3FN2/c14-8-5-10(16)13(19-6-8)11(18)4-7-2-1-3-9(15)12(7)17/h1-3,5-6,11H,4,18H2. The maximum absolute atomic E-state index is 13.8. The third-order valence-corrected chi connectivity index (χ3v) is 3.46. The minimum Gasteiger partial charge on any atom is -0.322 e. The fraction of sp³-hybridized carbons (Fsp3) is 0.154. The van der Waals surface area contributed by atoms with Gasteiger partial charge in [-0.2, -0.15) is 0 Å². The van der Waals surface area contributed by atoms with Crippen molar-refractivity contribution < 1.29 is 4.39 Å². The topological polar surface area (TPSA) is 38.9 Å². The normalized spacial score (nSPS) is 12.5. The Morgan fingerprint density at radius 1 is 1.21 bits per heavy atom. The van der Waals surface area contributed by atoms with Crippen LogP contribution in [0.5, 0.6) is 0 Å². The molecule has 2 rings (SSSR count). The molecule has 100 valence electrons. The van der Waals surface area contributed by atoms with E-state index in [0.717, 1.165) is 0 Å². The van der Waals surface area contributed by atoms with Crippen molar-refractivity contribution in [1.29, 1.82) is 0 Å². The van der Waals surface area contributed by atoms with E-state index in [0.29, 0.717) is 21.3 Å². The molecule has 2 aromatic rings. The summed E-state index contributed by atoms with van der Waals surface area (Å²) in [5.74, 6) is -0.468. The van der Waals surface area contributed by atoms with Crippen LogP contribution in [0.3, 0.4) is 0 Å². The van der Waals surface area contributed by atoms with E-state index in [-0.39, 0.29) is 11.4 Å². The van der Waals surface area contributed by atoms with Gasteiger partial charge < -0.3 is 5.73 Å². The number of hydrogen-bond acceptors (Lipinski definition) is 2. The molecule has 0 aliphatic heterocycles. The predicted octanol–water partition coefficient (Wildman–Crippen LogP) is 4.42. The highest BCUT2D eigenvalue weighted by molar-refractivity contribution is 6.34. The second-order valence-electron chi connectivity index (χ2n) is 4.04. The molecule has 0 aliphatic carbocycles. The molecular formula is C13H10Cl3FN2. The van der Waals surface area contributed by atoms with Crippen molar-refractivity contribution in [3.8, 4) is 0 Å². The van der Waals surface area contributed by atoms with E-state index >= 15 is 0 Å². The maximum atomic E-state index is 13.8. The highest BCUT2D eigenvalue weighted by atomic mass is 35.5. The molecule has 1 aromatic carbocycles. The number of hydrogen-bond donors (Lipinski definition) is 1. The number of aromatic nitrogens is 1. The summed E-state index contributed by atoms with van der Waals surface area (Å²) < 4.78 is 13.8. The minimum atomic E-state index is -0.530. The van der Waals surface area contributed by atoms with Gasteiger partial charge in [0.2, 0.25) is 0 Å². The van der Waals surface area contributed by atoms with Gasteiger partial charge in [-0.1, -0.05) is 46.9 Å². The summed E-state index contributed by atoms with van der Waals surface area (Å²) in [4.78, 5) is 4.08. The van der Waals surface area contributed by atoms with Crippen LogP contribution in [-0.4, -0.2) is 4.98 Å². The molecule has 1 aromatic heterocycles. The lowest BCUT2D eigenvalue weighted by molar-refractivity contribution is 0.590. The summed E-state index contributed by atoms with van der Waals surface area (Å²) in [5, 5.41) is 0.859. The second kappa shape index (κ2) is 6.06. The van der Waals surface area contributed by atoms with Gasteiger partial charge >= 0.3 is 0 Å². The van der Waals surface area contributed by atoms with Crippen molar-refractivity contribution in [2.45, 2.75) is 12.5 Å².